The van der Waals surface area contributed by atoms with E-state index < -0.39 is 0 Å². The zero-order chi connectivity index (χ0) is 13.0. The Morgan fingerprint density at radius 2 is 2.11 bits per heavy atom. The van der Waals surface area contributed by atoms with Gasteiger partial charge in [0.2, 0.25) is 0 Å². The molecule has 0 aromatic carbocycles. The monoisotopic (exact) mass is 247 g/mol. The summed E-state index contributed by atoms with van der Waals surface area (Å²) in [6, 6.07) is 3.80. The average molecular weight is 247 g/mol. The quantitative estimate of drug-likeness (QED) is 0.601. The van der Waals surface area contributed by atoms with Gasteiger partial charge in [0.15, 0.2) is 0 Å². The molecule has 5 heteroatoms. The third-order valence-electron chi connectivity index (χ3n) is 2.71. The van der Waals surface area contributed by atoms with Crippen LogP contribution in [0.2, 0.25) is 0 Å². The van der Waals surface area contributed by atoms with Crippen molar-refractivity contribution in [1.29, 1.82) is 0 Å². The Morgan fingerprint density at radius 1 is 1.39 bits per heavy atom. The van der Waals surface area contributed by atoms with E-state index in [2.05, 4.69) is 12.0 Å². The molecular weight excluding hydrogens is 230 g/mol. The maximum absolute atomic E-state index is 12.0. The summed E-state index contributed by atoms with van der Waals surface area (Å²) < 4.78 is 8.73. The number of rotatable bonds is 5. The molecule has 0 fully saturated rings. The lowest BCUT2D eigenvalue weighted by Gasteiger charge is -2.07. The summed E-state index contributed by atoms with van der Waals surface area (Å²) in [6.45, 7) is 2.51. The second-order valence-corrected chi connectivity index (χ2v) is 4.09. The number of esters is 1. The van der Waals surface area contributed by atoms with E-state index in [-0.39, 0.29) is 5.97 Å². The van der Waals surface area contributed by atoms with Gasteiger partial charge in [-0.05, 0) is 18.6 Å². The zero-order valence-corrected chi connectivity index (χ0v) is 10.7. The fourth-order valence-electron chi connectivity index (χ4n) is 1.74. The molecule has 0 atom stereocenters. The van der Waals surface area contributed by atoms with Gasteiger partial charge in [0.05, 0.1) is 12.8 Å². The molecule has 0 aliphatic rings. The van der Waals surface area contributed by atoms with Crippen LogP contribution in [0.15, 0.2) is 30.7 Å². The third-order valence-corrected chi connectivity index (χ3v) is 2.71. The van der Waals surface area contributed by atoms with Crippen molar-refractivity contribution in [3.8, 4) is 5.82 Å². The van der Waals surface area contributed by atoms with E-state index >= 15 is 0 Å². The highest BCUT2D eigenvalue weighted by Crippen LogP contribution is 2.15. The van der Waals surface area contributed by atoms with Crippen LogP contribution in [0.3, 0.4) is 0 Å². The molecule has 96 valence electrons. The third kappa shape index (κ3) is 2.45. The molecule has 0 bridgehead atoms. The Balaban J connectivity index is 2.21. The van der Waals surface area contributed by atoms with Gasteiger partial charge in [-0.1, -0.05) is 13.3 Å². The van der Waals surface area contributed by atoms with Crippen LogP contribution in [0.1, 0.15) is 30.1 Å². The van der Waals surface area contributed by atoms with Gasteiger partial charge < -0.3 is 9.30 Å². The van der Waals surface area contributed by atoms with Crippen LogP contribution in [0, 0.1) is 0 Å². The molecule has 18 heavy (non-hydrogen) atoms. The fourth-order valence-corrected chi connectivity index (χ4v) is 1.74. The topological polar surface area (TPSA) is 49.0 Å². The minimum absolute atomic E-state index is 0.319. The smallest absolute Gasteiger partial charge is 0.343 e. The number of carbonyl (C=O) groups is 1. The number of nitrogens with zero attached hydrogens (tertiary/aromatic N) is 3. The lowest BCUT2D eigenvalue weighted by atomic mass is 10.3. The second kappa shape index (κ2) is 5.53. The molecule has 0 saturated carbocycles. The number of hydrogen-bond acceptors (Lipinski definition) is 3. The van der Waals surface area contributed by atoms with Crippen molar-refractivity contribution in [3.05, 3.63) is 36.3 Å². The predicted octanol–water partition coefficient (Wildman–Crippen LogP) is 2.17. The van der Waals surface area contributed by atoms with E-state index in [4.69, 9.17) is 4.74 Å². The van der Waals surface area contributed by atoms with Gasteiger partial charge in [-0.15, -0.1) is 0 Å². The summed E-state index contributed by atoms with van der Waals surface area (Å²) in [5.41, 5.74) is 0.491. The zero-order valence-electron chi connectivity index (χ0n) is 10.7. The lowest BCUT2D eigenvalue weighted by molar-refractivity contribution is 0.0499. The number of unbranched alkanes of at least 4 members (excludes halogenated alkanes) is 1. The van der Waals surface area contributed by atoms with Gasteiger partial charge >= 0.3 is 5.97 Å². The van der Waals surface area contributed by atoms with Crippen LogP contribution in [0.25, 0.3) is 5.82 Å². The van der Waals surface area contributed by atoms with Gasteiger partial charge in [0, 0.05) is 19.4 Å². The molecule has 2 aromatic heterocycles. The fraction of sp³-hybridized carbons (Fsp3) is 0.385. The molecule has 0 aliphatic carbocycles. The normalized spacial score (nSPS) is 10.6. The van der Waals surface area contributed by atoms with Gasteiger partial charge in [-0.25, -0.2) is 4.79 Å². The van der Waals surface area contributed by atoms with Crippen LogP contribution in [-0.2, 0) is 11.8 Å². The molecule has 0 radical (unpaired) electrons. The molecule has 0 spiro atoms. The van der Waals surface area contributed by atoms with Gasteiger partial charge in [-0.3, -0.25) is 4.68 Å². The van der Waals surface area contributed by atoms with E-state index in [9.17, 15) is 4.79 Å². The van der Waals surface area contributed by atoms with Crippen LogP contribution in [-0.4, -0.2) is 26.9 Å². The summed E-state index contributed by atoms with van der Waals surface area (Å²) in [5.74, 6) is 0.404. The molecule has 0 N–H and O–H groups in total. The summed E-state index contributed by atoms with van der Waals surface area (Å²) in [7, 11) is 1.80. The molecule has 5 nitrogen and oxygen atoms in total. The molecule has 2 aromatic rings. The number of hydrogen-bond donors (Lipinski definition) is 0. The maximum Gasteiger partial charge on any atom is 0.343 e. The first-order chi connectivity index (χ1) is 8.74. The van der Waals surface area contributed by atoms with E-state index in [1.165, 1.54) is 0 Å². The summed E-state index contributed by atoms with van der Waals surface area (Å²) in [6.07, 6.45) is 7.18. The SMILES string of the molecule is CCCCOC(=O)c1cnn(C)c1-n1cccc1. The molecule has 2 heterocycles. The molecule has 2 rings (SSSR count). The number of aryl methyl sites for hydroxylation is 1. The minimum Gasteiger partial charge on any atom is -0.462 e. The molecule has 0 unspecified atom stereocenters. The van der Waals surface area contributed by atoms with Gasteiger partial charge in [-0.2, -0.15) is 5.10 Å². The Kier molecular flexibility index (Phi) is 3.82. The van der Waals surface area contributed by atoms with Crippen molar-refractivity contribution in [2.24, 2.45) is 7.05 Å². The van der Waals surface area contributed by atoms with Gasteiger partial charge in [0.25, 0.3) is 0 Å². The van der Waals surface area contributed by atoms with Crippen molar-refractivity contribution in [2.45, 2.75) is 19.8 Å². The summed E-state index contributed by atoms with van der Waals surface area (Å²) in [4.78, 5) is 12.0. The number of carbonyl (C=O) groups excluding carboxylic acids is 1. The van der Waals surface area contributed by atoms with Crippen LogP contribution in [0.4, 0.5) is 0 Å². The number of ether oxygens (including phenoxy) is 1. The Bertz CT molecular complexity index is 514. The predicted molar refractivity (Wildman–Crippen MR) is 67.7 cm³/mol. The highest BCUT2D eigenvalue weighted by atomic mass is 16.5. The Morgan fingerprint density at radius 3 is 2.78 bits per heavy atom. The standard InChI is InChI=1S/C13H17N3O2/c1-3-4-9-18-13(17)11-10-14-15(2)12(11)16-7-5-6-8-16/h5-8,10H,3-4,9H2,1-2H3. The molecule has 0 saturated heterocycles. The maximum atomic E-state index is 12.0. The van der Waals surface area contributed by atoms with Crippen LogP contribution in [0.5, 0.6) is 0 Å². The van der Waals surface area contributed by atoms with Crippen molar-refractivity contribution in [1.82, 2.24) is 14.3 Å². The molecular formula is C13H17N3O2. The Labute approximate surface area is 106 Å². The minimum atomic E-state index is -0.319. The van der Waals surface area contributed by atoms with Crippen molar-refractivity contribution in [3.63, 3.8) is 0 Å². The van der Waals surface area contributed by atoms with Crippen molar-refractivity contribution < 1.29 is 9.53 Å². The van der Waals surface area contributed by atoms with E-state index in [0.717, 1.165) is 18.7 Å². The molecule has 0 aliphatic heterocycles. The van der Waals surface area contributed by atoms with E-state index in [1.54, 1.807) is 17.9 Å². The summed E-state index contributed by atoms with van der Waals surface area (Å²) >= 11 is 0. The summed E-state index contributed by atoms with van der Waals surface area (Å²) in [5, 5.41) is 4.12. The van der Waals surface area contributed by atoms with Crippen molar-refractivity contribution >= 4 is 5.97 Å². The molecule has 0 amide bonds. The van der Waals surface area contributed by atoms with Crippen LogP contribution < -0.4 is 0 Å². The first kappa shape index (κ1) is 12.4. The average Bonchev–Trinajstić information content (AvgIpc) is 2.97. The lowest BCUT2D eigenvalue weighted by Crippen LogP contribution is -2.10. The highest BCUT2D eigenvalue weighted by Gasteiger charge is 2.18. The van der Waals surface area contributed by atoms with E-state index in [1.807, 2.05) is 29.1 Å². The Hall–Kier alpha value is -2.04. The largest absolute Gasteiger partial charge is 0.462 e. The van der Waals surface area contributed by atoms with Gasteiger partial charge in [0.1, 0.15) is 11.4 Å². The highest BCUT2D eigenvalue weighted by molar-refractivity contribution is 5.92. The number of aromatic nitrogens is 3. The second-order valence-electron chi connectivity index (χ2n) is 4.09. The first-order valence-corrected chi connectivity index (χ1v) is 6.06. The van der Waals surface area contributed by atoms with Crippen LogP contribution >= 0.6 is 0 Å². The first-order valence-electron chi connectivity index (χ1n) is 6.06. The van der Waals surface area contributed by atoms with Crippen molar-refractivity contribution in [2.75, 3.05) is 6.61 Å². The van der Waals surface area contributed by atoms with E-state index in [0.29, 0.717) is 12.2 Å².